The Kier molecular flexibility index (Phi) is 6.78. The highest BCUT2D eigenvalue weighted by atomic mass is 16.5. The van der Waals surface area contributed by atoms with Crippen LogP contribution in [0.15, 0.2) is 54.6 Å². The van der Waals surface area contributed by atoms with Crippen LogP contribution in [0.1, 0.15) is 24.2 Å². The van der Waals surface area contributed by atoms with Crippen molar-refractivity contribution in [2.45, 2.75) is 19.6 Å². The van der Waals surface area contributed by atoms with Crippen LogP contribution in [0.4, 0.5) is 10.5 Å². The van der Waals surface area contributed by atoms with Crippen LogP contribution >= 0.6 is 0 Å². The van der Waals surface area contributed by atoms with Gasteiger partial charge in [0.1, 0.15) is 0 Å². The molecule has 0 saturated heterocycles. The summed E-state index contributed by atoms with van der Waals surface area (Å²) in [6.45, 7) is 3.20. The lowest BCUT2D eigenvalue weighted by Crippen LogP contribution is -2.25. The summed E-state index contributed by atoms with van der Waals surface area (Å²) in [4.78, 5) is 13.6. The Hall–Kier alpha value is -2.37. The molecule has 0 aromatic heterocycles. The van der Waals surface area contributed by atoms with Crippen LogP contribution in [0.5, 0.6) is 0 Å². The molecule has 2 N–H and O–H groups in total. The molecule has 0 aliphatic heterocycles. The van der Waals surface area contributed by atoms with Gasteiger partial charge >= 0.3 is 6.09 Å². The second-order valence-corrected chi connectivity index (χ2v) is 5.63. The van der Waals surface area contributed by atoms with E-state index in [1.54, 1.807) is 6.92 Å². The molecule has 0 bridgehead atoms. The van der Waals surface area contributed by atoms with Crippen molar-refractivity contribution in [2.24, 2.45) is 0 Å². The lowest BCUT2D eigenvalue weighted by molar-refractivity contribution is 0.124. The number of likely N-dealkylation sites (N-methyl/N-ethyl adjacent to an activating group) is 1. The molecule has 1 unspecified atom stereocenters. The minimum absolute atomic E-state index is 0.331. The minimum atomic E-state index is -0.554. The van der Waals surface area contributed by atoms with Gasteiger partial charge in [-0.15, -0.1) is 0 Å². The summed E-state index contributed by atoms with van der Waals surface area (Å²) in [6, 6.07) is 17.2. The first-order chi connectivity index (χ1) is 11.6. The van der Waals surface area contributed by atoms with E-state index in [1.165, 1.54) is 0 Å². The molecule has 0 spiro atoms. The molecular formula is C19H24N2O3. The van der Waals surface area contributed by atoms with Crippen LogP contribution in [-0.4, -0.2) is 36.3 Å². The number of hydrogen-bond donors (Lipinski definition) is 2. The summed E-state index contributed by atoms with van der Waals surface area (Å²) in [5.74, 6) is 0. The van der Waals surface area contributed by atoms with Crippen molar-refractivity contribution in [2.75, 3.05) is 25.5 Å². The molecule has 5 heteroatoms. The van der Waals surface area contributed by atoms with Gasteiger partial charge < -0.3 is 9.84 Å². The normalized spacial score (nSPS) is 12.0. The van der Waals surface area contributed by atoms with Crippen molar-refractivity contribution < 1.29 is 14.6 Å². The largest absolute Gasteiger partial charge is 0.450 e. The number of aliphatic hydroxyl groups excluding tert-OH is 1. The predicted octanol–water partition coefficient (Wildman–Crippen LogP) is 3.42. The Bertz CT molecular complexity index is 646. The Morgan fingerprint density at radius 3 is 2.54 bits per heavy atom. The molecule has 0 radical (unpaired) electrons. The Morgan fingerprint density at radius 2 is 1.83 bits per heavy atom. The van der Waals surface area contributed by atoms with Crippen LogP contribution in [0.25, 0.3) is 0 Å². The molecule has 5 nitrogen and oxygen atoms in total. The molecule has 2 aromatic rings. The van der Waals surface area contributed by atoms with E-state index in [4.69, 9.17) is 4.74 Å². The van der Waals surface area contributed by atoms with Gasteiger partial charge in [0.2, 0.25) is 0 Å². The number of anilines is 1. The van der Waals surface area contributed by atoms with Crippen molar-refractivity contribution in [1.82, 2.24) is 4.90 Å². The van der Waals surface area contributed by atoms with Crippen LogP contribution in [0, 0.1) is 0 Å². The molecule has 1 amide bonds. The van der Waals surface area contributed by atoms with E-state index in [0.717, 1.165) is 16.8 Å². The summed E-state index contributed by atoms with van der Waals surface area (Å²) in [7, 11) is 1.94. The van der Waals surface area contributed by atoms with E-state index in [9.17, 15) is 9.90 Å². The molecule has 0 aliphatic rings. The summed E-state index contributed by atoms with van der Waals surface area (Å²) in [6.07, 6.45) is -1.02. The molecule has 1 atom stereocenters. The van der Waals surface area contributed by atoms with E-state index in [1.807, 2.05) is 66.5 Å². The predicted molar refractivity (Wildman–Crippen MR) is 94.8 cm³/mol. The topological polar surface area (TPSA) is 61.8 Å². The van der Waals surface area contributed by atoms with Crippen LogP contribution in [0.2, 0.25) is 0 Å². The molecule has 24 heavy (non-hydrogen) atoms. The van der Waals surface area contributed by atoms with Crippen LogP contribution in [-0.2, 0) is 11.3 Å². The quantitative estimate of drug-likeness (QED) is 0.817. The highest BCUT2D eigenvalue weighted by molar-refractivity contribution is 5.85. The minimum Gasteiger partial charge on any atom is -0.450 e. The fourth-order valence-corrected chi connectivity index (χ4v) is 2.49. The average Bonchev–Trinajstić information content (AvgIpc) is 2.57. The van der Waals surface area contributed by atoms with Gasteiger partial charge in [-0.2, -0.15) is 0 Å². The maximum Gasteiger partial charge on any atom is 0.411 e. The smallest absolute Gasteiger partial charge is 0.411 e. The maximum atomic E-state index is 11.6. The number of para-hydroxylation sites is 1. The van der Waals surface area contributed by atoms with E-state index in [-0.39, 0.29) is 0 Å². The second kappa shape index (κ2) is 9.05. The van der Waals surface area contributed by atoms with E-state index in [0.29, 0.717) is 19.7 Å². The Labute approximate surface area is 142 Å². The first-order valence-electron chi connectivity index (χ1n) is 8.03. The SMILES string of the molecule is CCOC(=O)Nc1ccccc1CN(C)CC(O)c1ccccc1. The van der Waals surface area contributed by atoms with Gasteiger partial charge in [0.15, 0.2) is 0 Å². The molecular weight excluding hydrogens is 304 g/mol. The number of nitrogens with zero attached hydrogens (tertiary/aromatic N) is 1. The summed E-state index contributed by atoms with van der Waals surface area (Å²) in [5.41, 5.74) is 2.58. The Balaban J connectivity index is 1.98. The zero-order valence-corrected chi connectivity index (χ0v) is 14.1. The van der Waals surface area contributed by atoms with Crippen LogP contribution < -0.4 is 5.32 Å². The number of carbonyl (C=O) groups excluding carboxylic acids is 1. The summed E-state index contributed by atoms with van der Waals surface area (Å²) >= 11 is 0. The summed E-state index contributed by atoms with van der Waals surface area (Å²) in [5, 5.41) is 13.1. The van der Waals surface area contributed by atoms with Gasteiger partial charge in [-0.1, -0.05) is 48.5 Å². The first-order valence-corrected chi connectivity index (χ1v) is 8.03. The Morgan fingerprint density at radius 1 is 1.17 bits per heavy atom. The van der Waals surface area contributed by atoms with Crippen molar-refractivity contribution in [3.63, 3.8) is 0 Å². The summed E-state index contributed by atoms with van der Waals surface area (Å²) < 4.78 is 4.92. The molecule has 128 valence electrons. The standard InChI is InChI=1S/C19H24N2O3/c1-3-24-19(23)20-17-12-8-7-11-16(17)13-21(2)14-18(22)15-9-5-4-6-10-15/h4-12,18,22H,3,13-14H2,1-2H3,(H,20,23). The molecule has 0 heterocycles. The van der Waals surface area contributed by atoms with E-state index >= 15 is 0 Å². The molecule has 0 aliphatic carbocycles. The van der Waals surface area contributed by atoms with Gasteiger partial charge in [0, 0.05) is 18.8 Å². The van der Waals surface area contributed by atoms with Crippen molar-refractivity contribution >= 4 is 11.8 Å². The fourth-order valence-electron chi connectivity index (χ4n) is 2.49. The van der Waals surface area contributed by atoms with Gasteiger partial charge in [-0.05, 0) is 31.2 Å². The molecule has 2 rings (SSSR count). The van der Waals surface area contributed by atoms with Crippen LogP contribution in [0.3, 0.4) is 0 Å². The van der Waals surface area contributed by atoms with E-state index < -0.39 is 12.2 Å². The number of hydrogen-bond acceptors (Lipinski definition) is 4. The number of benzene rings is 2. The first kappa shape index (κ1) is 18.0. The number of carbonyl (C=O) groups is 1. The number of nitrogens with one attached hydrogen (secondary N) is 1. The number of aliphatic hydroxyl groups is 1. The third kappa shape index (κ3) is 5.37. The third-order valence-electron chi connectivity index (χ3n) is 3.64. The molecule has 2 aromatic carbocycles. The van der Waals surface area contributed by atoms with Gasteiger partial charge in [0.05, 0.1) is 12.7 Å². The number of ether oxygens (including phenoxy) is 1. The van der Waals surface area contributed by atoms with Crippen molar-refractivity contribution in [3.05, 3.63) is 65.7 Å². The van der Waals surface area contributed by atoms with Gasteiger partial charge in [0.25, 0.3) is 0 Å². The fraction of sp³-hybridized carbons (Fsp3) is 0.316. The zero-order chi connectivity index (χ0) is 17.4. The zero-order valence-electron chi connectivity index (χ0n) is 14.1. The molecule has 0 saturated carbocycles. The van der Waals surface area contributed by atoms with Gasteiger partial charge in [-0.3, -0.25) is 10.2 Å². The van der Waals surface area contributed by atoms with E-state index in [2.05, 4.69) is 5.32 Å². The number of rotatable bonds is 7. The highest BCUT2D eigenvalue weighted by Crippen LogP contribution is 2.19. The molecule has 0 fully saturated rings. The lowest BCUT2D eigenvalue weighted by atomic mass is 10.1. The van der Waals surface area contributed by atoms with Gasteiger partial charge in [-0.25, -0.2) is 4.79 Å². The lowest BCUT2D eigenvalue weighted by Gasteiger charge is -2.22. The van der Waals surface area contributed by atoms with Crippen molar-refractivity contribution in [1.29, 1.82) is 0 Å². The third-order valence-corrected chi connectivity index (χ3v) is 3.64. The van der Waals surface area contributed by atoms with Crippen molar-refractivity contribution in [3.8, 4) is 0 Å². The highest BCUT2D eigenvalue weighted by Gasteiger charge is 2.13. The average molecular weight is 328 g/mol. The number of amides is 1. The second-order valence-electron chi connectivity index (χ2n) is 5.63. The monoisotopic (exact) mass is 328 g/mol. The maximum absolute atomic E-state index is 11.6.